The van der Waals surface area contributed by atoms with Crippen LogP contribution in [0.25, 0.3) is 0 Å². The third-order valence-electron chi connectivity index (χ3n) is 4.87. The smallest absolute Gasteiger partial charge is 0.308 e. The number of nitrogens with one attached hydrogen (secondary N) is 1. The quantitative estimate of drug-likeness (QED) is 0.527. The number of benzene rings is 1. The zero-order chi connectivity index (χ0) is 16.2. The van der Waals surface area contributed by atoms with Crippen LogP contribution in [-0.4, -0.2) is 50.1 Å². The van der Waals surface area contributed by atoms with E-state index in [0.29, 0.717) is 12.0 Å². The van der Waals surface area contributed by atoms with Crippen molar-refractivity contribution in [2.45, 2.75) is 31.2 Å². The molecule has 5 heteroatoms. The molecule has 1 saturated heterocycles. The summed E-state index contributed by atoms with van der Waals surface area (Å²) >= 11 is 0. The first-order valence-corrected chi connectivity index (χ1v) is 8.34. The molecule has 1 heterocycles. The summed E-state index contributed by atoms with van der Waals surface area (Å²) in [4.78, 5) is 18.3. The van der Waals surface area contributed by atoms with Gasteiger partial charge in [0.05, 0.1) is 13.0 Å². The summed E-state index contributed by atoms with van der Waals surface area (Å²) in [6.45, 7) is 1.70. The molecule has 2 unspecified atom stereocenters. The second-order valence-electron chi connectivity index (χ2n) is 6.34. The van der Waals surface area contributed by atoms with Crippen molar-refractivity contribution in [1.82, 2.24) is 10.2 Å². The lowest BCUT2D eigenvalue weighted by atomic mass is 9.97. The number of rotatable bonds is 3. The van der Waals surface area contributed by atoms with Crippen molar-refractivity contribution in [1.29, 1.82) is 0 Å². The number of carbonyl (C=O) groups excluding carboxylic acids is 1. The number of aliphatic imine (C=N–C) groups is 1. The Balaban J connectivity index is 1.51. The average Bonchev–Trinajstić information content (AvgIpc) is 3.39. The van der Waals surface area contributed by atoms with Crippen LogP contribution < -0.4 is 5.32 Å². The Kier molecular flexibility index (Phi) is 4.84. The van der Waals surface area contributed by atoms with Gasteiger partial charge in [0.1, 0.15) is 0 Å². The van der Waals surface area contributed by atoms with Crippen LogP contribution in [0.4, 0.5) is 0 Å². The molecule has 1 aromatic carbocycles. The Bertz CT molecular complexity index is 565. The number of carbonyl (C=O) groups is 1. The molecular formula is C18H25N3O2. The molecule has 2 atom stereocenters. The van der Waals surface area contributed by atoms with Crippen LogP contribution in [0.5, 0.6) is 0 Å². The minimum atomic E-state index is -0.0843. The van der Waals surface area contributed by atoms with Crippen molar-refractivity contribution < 1.29 is 9.53 Å². The van der Waals surface area contributed by atoms with Crippen LogP contribution in [0.15, 0.2) is 35.3 Å². The number of nitrogens with zero attached hydrogens (tertiary/aromatic N) is 2. The molecule has 0 amide bonds. The maximum Gasteiger partial charge on any atom is 0.308 e. The molecule has 5 nitrogen and oxygen atoms in total. The van der Waals surface area contributed by atoms with Gasteiger partial charge in [0.2, 0.25) is 0 Å². The topological polar surface area (TPSA) is 53.9 Å². The third-order valence-corrected chi connectivity index (χ3v) is 4.87. The zero-order valence-corrected chi connectivity index (χ0v) is 13.9. The molecule has 1 N–H and O–H groups in total. The van der Waals surface area contributed by atoms with Crippen molar-refractivity contribution in [2.75, 3.05) is 27.2 Å². The molecule has 1 aromatic rings. The number of guanidine groups is 1. The zero-order valence-electron chi connectivity index (χ0n) is 13.9. The summed E-state index contributed by atoms with van der Waals surface area (Å²) in [5.41, 5.74) is 1.39. The predicted molar refractivity (Wildman–Crippen MR) is 90.4 cm³/mol. The standard InChI is InChI=1S/C18H25N3O2/c1-19-18(21-10-8-14(9-11-21)17(22)23-2)20-16-12-15(16)13-6-4-3-5-7-13/h3-7,14-16H,8-12H2,1-2H3,(H,19,20). The fourth-order valence-corrected chi connectivity index (χ4v) is 3.38. The first-order chi connectivity index (χ1) is 11.2. The van der Waals surface area contributed by atoms with E-state index in [9.17, 15) is 4.79 Å². The van der Waals surface area contributed by atoms with Crippen molar-refractivity contribution in [3.8, 4) is 0 Å². The highest BCUT2D eigenvalue weighted by Crippen LogP contribution is 2.40. The minimum absolute atomic E-state index is 0.0346. The van der Waals surface area contributed by atoms with Gasteiger partial charge in [0, 0.05) is 32.1 Å². The number of ether oxygens (including phenoxy) is 1. The maximum absolute atomic E-state index is 11.6. The highest BCUT2D eigenvalue weighted by atomic mass is 16.5. The molecule has 2 fully saturated rings. The van der Waals surface area contributed by atoms with E-state index < -0.39 is 0 Å². The Labute approximate surface area is 137 Å². The van der Waals surface area contributed by atoms with E-state index in [1.807, 2.05) is 7.05 Å². The SMILES string of the molecule is CN=C(NC1CC1c1ccccc1)N1CCC(C(=O)OC)CC1. The Morgan fingerprint density at radius 2 is 1.96 bits per heavy atom. The molecule has 0 spiro atoms. The first kappa shape index (κ1) is 15.8. The summed E-state index contributed by atoms with van der Waals surface area (Å²) in [6.07, 6.45) is 2.82. The Hall–Kier alpha value is -2.04. The maximum atomic E-state index is 11.6. The molecule has 1 saturated carbocycles. The molecule has 2 aliphatic rings. The molecule has 0 aromatic heterocycles. The van der Waals surface area contributed by atoms with Gasteiger partial charge in [-0.1, -0.05) is 30.3 Å². The molecule has 1 aliphatic carbocycles. The molecule has 0 bridgehead atoms. The highest BCUT2D eigenvalue weighted by molar-refractivity contribution is 5.81. The summed E-state index contributed by atoms with van der Waals surface area (Å²) < 4.78 is 4.85. The van der Waals surface area contributed by atoms with Gasteiger partial charge < -0.3 is 15.0 Å². The van der Waals surface area contributed by atoms with E-state index in [2.05, 4.69) is 45.5 Å². The van der Waals surface area contributed by atoms with E-state index >= 15 is 0 Å². The molecule has 3 rings (SSSR count). The van der Waals surface area contributed by atoms with E-state index in [-0.39, 0.29) is 11.9 Å². The van der Waals surface area contributed by atoms with Gasteiger partial charge in [0.15, 0.2) is 5.96 Å². The Morgan fingerprint density at radius 3 is 2.57 bits per heavy atom. The van der Waals surface area contributed by atoms with Gasteiger partial charge in [-0.05, 0) is 24.8 Å². The summed E-state index contributed by atoms with van der Waals surface area (Å²) in [6, 6.07) is 11.1. The van der Waals surface area contributed by atoms with Crippen LogP contribution in [0.3, 0.4) is 0 Å². The number of hydrogen-bond donors (Lipinski definition) is 1. The summed E-state index contributed by atoms with van der Waals surface area (Å²) in [7, 11) is 3.29. The largest absolute Gasteiger partial charge is 0.469 e. The summed E-state index contributed by atoms with van der Waals surface area (Å²) in [5.74, 6) is 1.49. The first-order valence-electron chi connectivity index (χ1n) is 8.34. The second-order valence-corrected chi connectivity index (χ2v) is 6.34. The van der Waals surface area contributed by atoms with E-state index in [1.54, 1.807) is 0 Å². The lowest BCUT2D eigenvalue weighted by molar-refractivity contribution is -0.146. The molecule has 124 valence electrons. The van der Waals surface area contributed by atoms with Gasteiger partial charge in [-0.2, -0.15) is 0 Å². The Morgan fingerprint density at radius 1 is 1.26 bits per heavy atom. The normalized spacial score (nSPS) is 25.1. The van der Waals surface area contributed by atoms with Crippen molar-refractivity contribution in [2.24, 2.45) is 10.9 Å². The van der Waals surface area contributed by atoms with Gasteiger partial charge >= 0.3 is 5.97 Å². The number of piperidine rings is 1. The molecular weight excluding hydrogens is 290 g/mol. The second kappa shape index (κ2) is 7.02. The van der Waals surface area contributed by atoms with Crippen molar-refractivity contribution in [3.63, 3.8) is 0 Å². The van der Waals surface area contributed by atoms with Crippen molar-refractivity contribution in [3.05, 3.63) is 35.9 Å². The van der Waals surface area contributed by atoms with Gasteiger partial charge in [-0.15, -0.1) is 0 Å². The number of hydrogen-bond acceptors (Lipinski definition) is 3. The predicted octanol–water partition coefficient (Wildman–Crippen LogP) is 2.00. The lowest BCUT2D eigenvalue weighted by Crippen LogP contribution is -2.47. The lowest BCUT2D eigenvalue weighted by Gasteiger charge is -2.33. The molecule has 0 radical (unpaired) electrons. The molecule has 1 aliphatic heterocycles. The fourth-order valence-electron chi connectivity index (χ4n) is 3.38. The van der Waals surface area contributed by atoms with Crippen LogP contribution in [0, 0.1) is 5.92 Å². The van der Waals surface area contributed by atoms with E-state index in [0.717, 1.165) is 38.3 Å². The third kappa shape index (κ3) is 3.66. The minimum Gasteiger partial charge on any atom is -0.469 e. The van der Waals surface area contributed by atoms with Crippen molar-refractivity contribution >= 4 is 11.9 Å². The number of esters is 1. The van der Waals surface area contributed by atoms with Crippen LogP contribution >= 0.6 is 0 Å². The number of methoxy groups -OCH3 is 1. The van der Waals surface area contributed by atoms with Crippen LogP contribution in [-0.2, 0) is 9.53 Å². The molecule has 23 heavy (non-hydrogen) atoms. The number of likely N-dealkylation sites (tertiary alicyclic amines) is 1. The van der Waals surface area contributed by atoms with Gasteiger partial charge in [0.25, 0.3) is 0 Å². The van der Waals surface area contributed by atoms with Gasteiger partial charge in [-0.25, -0.2) is 0 Å². The summed E-state index contributed by atoms with van der Waals surface area (Å²) in [5, 5.41) is 3.58. The van der Waals surface area contributed by atoms with E-state index in [1.165, 1.54) is 12.7 Å². The fraction of sp³-hybridized carbons (Fsp3) is 0.556. The van der Waals surface area contributed by atoms with Crippen LogP contribution in [0.2, 0.25) is 0 Å². The van der Waals surface area contributed by atoms with E-state index in [4.69, 9.17) is 4.74 Å². The monoisotopic (exact) mass is 315 g/mol. The van der Waals surface area contributed by atoms with Crippen LogP contribution in [0.1, 0.15) is 30.7 Å². The average molecular weight is 315 g/mol. The van der Waals surface area contributed by atoms with Gasteiger partial charge in [-0.3, -0.25) is 9.79 Å². The highest BCUT2D eigenvalue weighted by Gasteiger charge is 2.39.